The quantitative estimate of drug-likeness (QED) is 0.726. The molecule has 1 aromatic rings. The van der Waals surface area contributed by atoms with Crippen molar-refractivity contribution in [1.29, 1.82) is 0 Å². The van der Waals surface area contributed by atoms with Gasteiger partial charge in [-0.3, -0.25) is 0 Å². The molecule has 0 saturated heterocycles. The van der Waals surface area contributed by atoms with Crippen LogP contribution in [0.3, 0.4) is 0 Å². The summed E-state index contributed by atoms with van der Waals surface area (Å²) in [6, 6.07) is 8.51. The highest BCUT2D eigenvalue weighted by Crippen LogP contribution is 2.23. The highest BCUT2D eigenvalue weighted by atomic mass is 35.5. The van der Waals surface area contributed by atoms with E-state index in [0.717, 1.165) is 23.6 Å². The second-order valence-electron chi connectivity index (χ2n) is 5.25. The number of methoxy groups -OCH3 is 1. The lowest BCUT2D eigenvalue weighted by molar-refractivity contribution is 0.0123. The van der Waals surface area contributed by atoms with Crippen LogP contribution in [0.15, 0.2) is 29.2 Å². The third-order valence-corrected chi connectivity index (χ3v) is 4.75. The molecule has 0 aliphatic carbocycles. The van der Waals surface area contributed by atoms with E-state index in [2.05, 4.69) is 31.3 Å². The molecular weight excluding hydrogens is 278 g/mol. The van der Waals surface area contributed by atoms with Crippen LogP contribution in [-0.2, 0) is 4.74 Å². The summed E-state index contributed by atoms with van der Waals surface area (Å²) in [5, 5.41) is 4.17. The highest BCUT2D eigenvalue weighted by molar-refractivity contribution is 7.99. The Morgan fingerprint density at radius 2 is 1.95 bits per heavy atom. The van der Waals surface area contributed by atoms with Crippen molar-refractivity contribution in [3.63, 3.8) is 0 Å². The van der Waals surface area contributed by atoms with Crippen molar-refractivity contribution in [3.8, 4) is 0 Å². The van der Waals surface area contributed by atoms with Gasteiger partial charge in [0.2, 0.25) is 0 Å². The monoisotopic (exact) mass is 301 g/mol. The van der Waals surface area contributed by atoms with Gasteiger partial charge in [0.1, 0.15) is 0 Å². The largest absolute Gasteiger partial charge is 0.379 e. The first-order valence-corrected chi connectivity index (χ1v) is 7.94. The molecule has 2 nitrogen and oxygen atoms in total. The summed E-state index contributed by atoms with van der Waals surface area (Å²) in [5.74, 6) is 1.05. The van der Waals surface area contributed by atoms with E-state index in [1.54, 1.807) is 7.11 Å². The molecule has 1 N–H and O–H groups in total. The van der Waals surface area contributed by atoms with E-state index in [1.165, 1.54) is 4.90 Å². The zero-order chi connectivity index (χ0) is 14.3. The van der Waals surface area contributed by atoms with E-state index in [-0.39, 0.29) is 5.60 Å². The van der Waals surface area contributed by atoms with Gasteiger partial charge in [0.05, 0.1) is 5.60 Å². The molecule has 0 amide bonds. The van der Waals surface area contributed by atoms with Crippen LogP contribution in [0.1, 0.15) is 26.7 Å². The molecule has 1 atom stereocenters. The lowest BCUT2D eigenvalue weighted by Crippen LogP contribution is -2.32. The SMILES string of the molecule is CNC(CCC(C)(C)OC)CSc1ccc(Cl)cc1. The maximum absolute atomic E-state index is 5.88. The van der Waals surface area contributed by atoms with Gasteiger partial charge in [-0.2, -0.15) is 0 Å². The molecule has 0 saturated carbocycles. The number of thioether (sulfide) groups is 1. The second-order valence-corrected chi connectivity index (χ2v) is 6.78. The Bertz CT molecular complexity index is 367. The fourth-order valence-corrected chi connectivity index (χ4v) is 2.84. The van der Waals surface area contributed by atoms with Gasteiger partial charge in [-0.1, -0.05) is 11.6 Å². The van der Waals surface area contributed by atoms with E-state index in [1.807, 2.05) is 30.9 Å². The molecule has 19 heavy (non-hydrogen) atoms. The van der Waals surface area contributed by atoms with Gasteiger partial charge in [0.15, 0.2) is 0 Å². The smallest absolute Gasteiger partial charge is 0.0623 e. The number of hydrogen-bond donors (Lipinski definition) is 1. The maximum Gasteiger partial charge on any atom is 0.0623 e. The first kappa shape index (κ1) is 16.8. The van der Waals surface area contributed by atoms with Crippen molar-refractivity contribution < 1.29 is 4.74 Å². The van der Waals surface area contributed by atoms with E-state index in [0.29, 0.717) is 6.04 Å². The van der Waals surface area contributed by atoms with Crippen LogP contribution in [0, 0.1) is 0 Å². The number of rotatable bonds is 8. The van der Waals surface area contributed by atoms with Gasteiger partial charge in [0.25, 0.3) is 0 Å². The molecule has 0 aliphatic heterocycles. The predicted molar refractivity (Wildman–Crippen MR) is 85.3 cm³/mol. The third kappa shape index (κ3) is 6.66. The Morgan fingerprint density at radius 1 is 1.32 bits per heavy atom. The third-order valence-electron chi connectivity index (χ3n) is 3.32. The lowest BCUT2D eigenvalue weighted by Gasteiger charge is -2.25. The Balaban J connectivity index is 2.38. The minimum absolute atomic E-state index is 0.0416. The molecule has 0 fully saturated rings. The van der Waals surface area contributed by atoms with Crippen molar-refractivity contribution >= 4 is 23.4 Å². The van der Waals surface area contributed by atoms with Crippen molar-refractivity contribution in [2.75, 3.05) is 19.9 Å². The van der Waals surface area contributed by atoms with Crippen LogP contribution in [0.5, 0.6) is 0 Å². The van der Waals surface area contributed by atoms with Crippen LogP contribution in [-0.4, -0.2) is 31.6 Å². The molecule has 0 bridgehead atoms. The average molecular weight is 302 g/mol. The number of nitrogens with one attached hydrogen (secondary N) is 1. The van der Waals surface area contributed by atoms with Crippen LogP contribution in [0.25, 0.3) is 0 Å². The number of ether oxygens (including phenoxy) is 1. The lowest BCUT2D eigenvalue weighted by atomic mass is 9.99. The minimum Gasteiger partial charge on any atom is -0.379 e. The highest BCUT2D eigenvalue weighted by Gasteiger charge is 2.18. The second kappa shape index (κ2) is 8.15. The van der Waals surface area contributed by atoms with Gasteiger partial charge in [-0.05, 0) is 58.0 Å². The fourth-order valence-electron chi connectivity index (χ4n) is 1.66. The topological polar surface area (TPSA) is 21.3 Å². The molecular formula is C15H24ClNOS. The van der Waals surface area contributed by atoms with Crippen molar-refractivity contribution in [3.05, 3.63) is 29.3 Å². The zero-order valence-electron chi connectivity index (χ0n) is 12.2. The van der Waals surface area contributed by atoms with E-state index < -0.39 is 0 Å². The summed E-state index contributed by atoms with van der Waals surface area (Å²) in [5.41, 5.74) is -0.0416. The molecule has 1 unspecified atom stereocenters. The molecule has 1 rings (SSSR count). The first-order chi connectivity index (χ1) is 8.96. The van der Waals surface area contributed by atoms with Crippen LogP contribution >= 0.6 is 23.4 Å². The van der Waals surface area contributed by atoms with Crippen molar-refractivity contribution in [2.24, 2.45) is 0 Å². The van der Waals surface area contributed by atoms with Gasteiger partial charge in [-0.15, -0.1) is 11.8 Å². The van der Waals surface area contributed by atoms with E-state index >= 15 is 0 Å². The van der Waals surface area contributed by atoms with Crippen molar-refractivity contribution in [1.82, 2.24) is 5.32 Å². The summed E-state index contributed by atoms with van der Waals surface area (Å²) < 4.78 is 5.46. The van der Waals surface area contributed by atoms with Crippen LogP contribution in [0.2, 0.25) is 5.02 Å². The van der Waals surface area contributed by atoms with Crippen molar-refractivity contribution in [2.45, 2.75) is 43.2 Å². The van der Waals surface area contributed by atoms with E-state index in [9.17, 15) is 0 Å². The Labute approximate surface area is 126 Å². The molecule has 1 aromatic carbocycles. The summed E-state index contributed by atoms with van der Waals surface area (Å²) >= 11 is 7.74. The molecule has 0 aromatic heterocycles. The predicted octanol–water partition coefficient (Wildman–Crippen LogP) is 4.23. The number of halogens is 1. The van der Waals surface area contributed by atoms with Crippen LogP contribution in [0.4, 0.5) is 0 Å². The Morgan fingerprint density at radius 3 is 2.47 bits per heavy atom. The average Bonchev–Trinajstić information content (AvgIpc) is 2.41. The summed E-state index contributed by atoms with van der Waals surface area (Å²) in [4.78, 5) is 1.26. The fraction of sp³-hybridized carbons (Fsp3) is 0.600. The van der Waals surface area contributed by atoms with E-state index in [4.69, 9.17) is 16.3 Å². The summed E-state index contributed by atoms with van der Waals surface area (Å²) in [6.45, 7) is 4.26. The molecule has 0 heterocycles. The standard InChI is InChI=1S/C15H24ClNOS/c1-15(2,18-4)10-9-13(17-3)11-19-14-7-5-12(16)6-8-14/h5-8,13,17H,9-11H2,1-4H3. The molecule has 0 radical (unpaired) electrons. The van der Waals surface area contributed by atoms with Crippen LogP contribution < -0.4 is 5.32 Å². The molecule has 0 spiro atoms. The Kier molecular flexibility index (Phi) is 7.22. The van der Waals surface area contributed by atoms with Gasteiger partial charge >= 0.3 is 0 Å². The molecule has 0 aliphatic rings. The summed E-state index contributed by atoms with van der Waals surface area (Å²) in [6.07, 6.45) is 2.16. The number of benzene rings is 1. The number of hydrogen-bond acceptors (Lipinski definition) is 3. The Hall–Kier alpha value is -0.220. The van der Waals surface area contributed by atoms with Gasteiger partial charge < -0.3 is 10.1 Å². The maximum atomic E-state index is 5.88. The molecule has 108 valence electrons. The van der Waals surface area contributed by atoms with Gasteiger partial charge in [-0.25, -0.2) is 0 Å². The zero-order valence-corrected chi connectivity index (χ0v) is 13.8. The van der Waals surface area contributed by atoms with Gasteiger partial charge in [0, 0.05) is 28.8 Å². The minimum atomic E-state index is -0.0416. The molecule has 4 heteroatoms. The first-order valence-electron chi connectivity index (χ1n) is 6.57. The normalized spacial score (nSPS) is 13.5. The summed E-state index contributed by atoms with van der Waals surface area (Å²) in [7, 11) is 3.80.